The van der Waals surface area contributed by atoms with Gasteiger partial charge in [0, 0.05) is 12.1 Å². The van der Waals surface area contributed by atoms with E-state index in [0.717, 1.165) is 17.9 Å². The Labute approximate surface area is 97.1 Å². The molecular formula is C13H19N3. The Morgan fingerprint density at radius 2 is 1.75 bits per heavy atom. The van der Waals surface area contributed by atoms with E-state index in [1.807, 2.05) is 37.6 Å². The molecule has 0 saturated carbocycles. The molecule has 1 aromatic heterocycles. The summed E-state index contributed by atoms with van der Waals surface area (Å²) < 4.78 is 1.83. The van der Waals surface area contributed by atoms with Gasteiger partial charge >= 0.3 is 0 Å². The van der Waals surface area contributed by atoms with Gasteiger partial charge in [-0.2, -0.15) is 5.10 Å². The van der Waals surface area contributed by atoms with E-state index in [1.54, 1.807) is 6.33 Å². The standard InChI is InChI=1S/C11H13N3.C2H6/c1-3-14-8-12-11(13-14)10-6-4-9(2)5-7-10;1-2/h4-8H,3H2,1-2H3;1-2H3. The first-order valence-corrected chi connectivity index (χ1v) is 5.76. The maximum Gasteiger partial charge on any atom is 0.181 e. The monoisotopic (exact) mass is 217 g/mol. The van der Waals surface area contributed by atoms with Crippen LogP contribution in [0.5, 0.6) is 0 Å². The normalized spacial score (nSPS) is 9.50. The summed E-state index contributed by atoms with van der Waals surface area (Å²) in [6.45, 7) is 8.98. The predicted octanol–water partition coefficient (Wildman–Crippen LogP) is 3.30. The molecule has 0 N–H and O–H groups in total. The van der Waals surface area contributed by atoms with Crippen LogP contribution in [0.1, 0.15) is 26.3 Å². The highest BCUT2D eigenvalue weighted by atomic mass is 15.3. The summed E-state index contributed by atoms with van der Waals surface area (Å²) in [4.78, 5) is 4.24. The summed E-state index contributed by atoms with van der Waals surface area (Å²) in [6.07, 6.45) is 1.76. The zero-order valence-electron chi connectivity index (χ0n) is 10.4. The van der Waals surface area contributed by atoms with Crippen molar-refractivity contribution in [3.05, 3.63) is 36.2 Å². The molecule has 16 heavy (non-hydrogen) atoms. The molecule has 0 aliphatic carbocycles. The highest BCUT2D eigenvalue weighted by molar-refractivity contribution is 5.54. The molecule has 0 fully saturated rings. The molecule has 3 heteroatoms. The van der Waals surface area contributed by atoms with Crippen LogP contribution in [-0.2, 0) is 6.54 Å². The van der Waals surface area contributed by atoms with Gasteiger partial charge in [-0.25, -0.2) is 4.98 Å². The Bertz CT molecular complexity index is 415. The third kappa shape index (κ3) is 2.92. The quantitative estimate of drug-likeness (QED) is 0.772. The maximum atomic E-state index is 4.33. The number of hydrogen-bond donors (Lipinski definition) is 0. The first-order valence-electron chi connectivity index (χ1n) is 5.76. The van der Waals surface area contributed by atoms with Crippen molar-refractivity contribution in [3.63, 3.8) is 0 Å². The minimum absolute atomic E-state index is 0.798. The summed E-state index contributed by atoms with van der Waals surface area (Å²) in [7, 11) is 0. The van der Waals surface area contributed by atoms with Gasteiger partial charge in [-0.1, -0.05) is 43.7 Å². The molecule has 0 aliphatic rings. The fourth-order valence-electron chi connectivity index (χ4n) is 1.28. The lowest BCUT2D eigenvalue weighted by molar-refractivity contribution is 0.659. The van der Waals surface area contributed by atoms with Crippen molar-refractivity contribution in [2.24, 2.45) is 0 Å². The van der Waals surface area contributed by atoms with E-state index < -0.39 is 0 Å². The van der Waals surface area contributed by atoms with Crippen molar-refractivity contribution in [1.29, 1.82) is 0 Å². The highest BCUT2D eigenvalue weighted by Gasteiger charge is 2.01. The molecular weight excluding hydrogens is 198 g/mol. The van der Waals surface area contributed by atoms with Crippen LogP contribution in [0.2, 0.25) is 0 Å². The van der Waals surface area contributed by atoms with Crippen molar-refractivity contribution < 1.29 is 0 Å². The van der Waals surface area contributed by atoms with Crippen molar-refractivity contribution in [2.45, 2.75) is 34.2 Å². The average Bonchev–Trinajstić information content (AvgIpc) is 2.81. The maximum absolute atomic E-state index is 4.33. The summed E-state index contributed by atoms with van der Waals surface area (Å²) in [5.41, 5.74) is 2.33. The van der Waals surface area contributed by atoms with Gasteiger partial charge in [0.15, 0.2) is 5.82 Å². The molecule has 2 aromatic rings. The number of rotatable bonds is 2. The van der Waals surface area contributed by atoms with Gasteiger partial charge < -0.3 is 0 Å². The summed E-state index contributed by atoms with van der Waals surface area (Å²) >= 11 is 0. The topological polar surface area (TPSA) is 30.7 Å². The van der Waals surface area contributed by atoms with Gasteiger partial charge in [0.2, 0.25) is 0 Å². The van der Waals surface area contributed by atoms with Crippen LogP contribution in [0.25, 0.3) is 11.4 Å². The number of aryl methyl sites for hydroxylation is 2. The SMILES string of the molecule is CC.CCn1cnc(-c2ccc(C)cc2)n1. The van der Waals surface area contributed by atoms with E-state index in [1.165, 1.54) is 5.56 Å². The smallest absolute Gasteiger partial charge is 0.181 e. The molecule has 86 valence electrons. The van der Waals surface area contributed by atoms with Crippen LogP contribution in [0.3, 0.4) is 0 Å². The zero-order valence-corrected chi connectivity index (χ0v) is 10.4. The Morgan fingerprint density at radius 1 is 1.12 bits per heavy atom. The van der Waals surface area contributed by atoms with Crippen LogP contribution >= 0.6 is 0 Å². The fraction of sp³-hybridized carbons (Fsp3) is 0.385. The Kier molecular flexibility index (Phi) is 4.70. The van der Waals surface area contributed by atoms with Gasteiger partial charge in [0.1, 0.15) is 6.33 Å². The molecule has 0 bridgehead atoms. The third-order valence-corrected chi connectivity index (χ3v) is 2.17. The van der Waals surface area contributed by atoms with E-state index in [2.05, 4.69) is 29.1 Å². The fourth-order valence-corrected chi connectivity index (χ4v) is 1.28. The first-order chi connectivity index (χ1) is 7.79. The second kappa shape index (κ2) is 6.05. The van der Waals surface area contributed by atoms with E-state index >= 15 is 0 Å². The first kappa shape index (κ1) is 12.4. The van der Waals surface area contributed by atoms with Crippen LogP contribution in [0, 0.1) is 6.92 Å². The van der Waals surface area contributed by atoms with Crippen LogP contribution in [-0.4, -0.2) is 14.8 Å². The van der Waals surface area contributed by atoms with Gasteiger partial charge in [-0.3, -0.25) is 4.68 Å². The van der Waals surface area contributed by atoms with Gasteiger partial charge in [0.25, 0.3) is 0 Å². The lowest BCUT2D eigenvalue weighted by atomic mass is 10.1. The van der Waals surface area contributed by atoms with Crippen LogP contribution in [0.15, 0.2) is 30.6 Å². The van der Waals surface area contributed by atoms with E-state index in [-0.39, 0.29) is 0 Å². The van der Waals surface area contributed by atoms with Crippen LogP contribution < -0.4 is 0 Å². The van der Waals surface area contributed by atoms with Crippen LogP contribution in [0.4, 0.5) is 0 Å². The van der Waals surface area contributed by atoms with Gasteiger partial charge in [0.05, 0.1) is 0 Å². The summed E-state index contributed by atoms with van der Waals surface area (Å²) in [6, 6.07) is 8.24. The third-order valence-electron chi connectivity index (χ3n) is 2.17. The van der Waals surface area contributed by atoms with Gasteiger partial charge in [-0.05, 0) is 13.8 Å². The summed E-state index contributed by atoms with van der Waals surface area (Å²) in [5.74, 6) is 0.798. The number of aromatic nitrogens is 3. The molecule has 0 amide bonds. The van der Waals surface area contributed by atoms with Crippen molar-refractivity contribution in [2.75, 3.05) is 0 Å². The molecule has 0 atom stereocenters. The molecule has 0 radical (unpaired) electrons. The number of nitrogens with zero attached hydrogens (tertiary/aromatic N) is 3. The second-order valence-corrected chi connectivity index (χ2v) is 3.29. The molecule has 3 nitrogen and oxygen atoms in total. The Balaban J connectivity index is 0.000000606. The van der Waals surface area contributed by atoms with E-state index in [0.29, 0.717) is 0 Å². The molecule has 0 aliphatic heterocycles. The largest absolute Gasteiger partial charge is 0.253 e. The molecule has 0 spiro atoms. The second-order valence-electron chi connectivity index (χ2n) is 3.29. The van der Waals surface area contributed by atoms with Gasteiger partial charge in [-0.15, -0.1) is 0 Å². The molecule has 0 unspecified atom stereocenters. The average molecular weight is 217 g/mol. The Hall–Kier alpha value is -1.64. The minimum Gasteiger partial charge on any atom is -0.253 e. The molecule has 1 aromatic carbocycles. The lowest BCUT2D eigenvalue weighted by Gasteiger charge is -1.95. The van der Waals surface area contributed by atoms with Crippen molar-refractivity contribution in [1.82, 2.24) is 14.8 Å². The summed E-state index contributed by atoms with van der Waals surface area (Å²) in [5, 5.41) is 4.33. The molecule has 2 rings (SSSR count). The lowest BCUT2D eigenvalue weighted by Crippen LogP contribution is -1.93. The van der Waals surface area contributed by atoms with Crippen molar-refractivity contribution in [3.8, 4) is 11.4 Å². The predicted molar refractivity (Wildman–Crippen MR) is 67.2 cm³/mol. The molecule has 1 heterocycles. The number of hydrogen-bond acceptors (Lipinski definition) is 2. The zero-order chi connectivity index (χ0) is 12.0. The molecule has 0 saturated heterocycles. The van der Waals surface area contributed by atoms with E-state index in [4.69, 9.17) is 0 Å². The highest BCUT2D eigenvalue weighted by Crippen LogP contribution is 2.14. The number of benzene rings is 1. The van der Waals surface area contributed by atoms with Crippen molar-refractivity contribution >= 4 is 0 Å². The minimum atomic E-state index is 0.798. The Morgan fingerprint density at radius 3 is 2.25 bits per heavy atom. The van der Waals surface area contributed by atoms with E-state index in [9.17, 15) is 0 Å².